The first kappa shape index (κ1) is 31.1. The molecule has 1 aromatic carbocycles. The van der Waals surface area contributed by atoms with Crippen molar-refractivity contribution in [2.75, 3.05) is 19.5 Å². The van der Waals surface area contributed by atoms with Crippen LogP contribution >= 0.6 is 21.6 Å². The van der Waals surface area contributed by atoms with E-state index < -0.39 is 6.10 Å². The fraction of sp³-hybridized carbons (Fsp3) is 0.586. The summed E-state index contributed by atoms with van der Waals surface area (Å²) in [5.41, 5.74) is 4.14. The lowest BCUT2D eigenvalue weighted by Gasteiger charge is -2.25. The summed E-state index contributed by atoms with van der Waals surface area (Å²) >= 11 is 0. The van der Waals surface area contributed by atoms with Crippen molar-refractivity contribution in [1.29, 1.82) is 0 Å². The van der Waals surface area contributed by atoms with Crippen LogP contribution in [0.25, 0.3) is 0 Å². The van der Waals surface area contributed by atoms with E-state index in [4.69, 9.17) is 14.2 Å². The Balaban J connectivity index is 1.87. The Bertz CT molecular complexity index is 1060. The van der Waals surface area contributed by atoms with Crippen LogP contribution in [0, 0.1) is 0 Å². The van der Waals surface area contributed by atoms with Gasteiger partial charge >= 0.3 is 11.9 Å². The average molecular weight is 579 g/mol. The molecule has 3 rings (SSSR count). The van der Waals surface area contributed by atoms with E-state index in [1.807, 2.05) is 6.07 Å². The minimum Gasteiger partial charge on any atom is -0.504 e. The number of methoxy groups -OCH3 is 1. The molecule has 10 heteroatoms. The molecule has 0 radical (unpaired) electrons. The van der Waals surface area contributed by atoms with Gasteiger partial charge in [-0.15, -0.1) is 0 Å². The normalized spacial score (nSPS) is 16.6. The minimum atomic E-state index is -0.393. The summed E-state index contributed by atoms with van der Waals surface area (Å²) in [7, 11) is 5.02. The van der Waals surface area contributed by atoms with Gasteiger partial charge in [-0.1, -0.05) is 47.4 Å². The van der Waals surface area contributed by atoms with Gasteiger partial charge in [0.05, 0.1) is 18.8 Å². The van der Waals surface area contributed by atoms with Crippen LogP contribution in [0.3, 0.4) is 0 Å². The topological polar surface area (TPSA) is 106 Å². The molecule has 0 aliphatic carbocycles. The van der Waals surface area contributed by atoms with Gasteiger partial charge in [0, 0.05) is 44.6 Å². The Kier molecular flexibility index (Phi) is 12.7. The Morgan fingerprint density at radius 1 is 1.05 bits per heavy atom. The third kappa shape index (κ3) is 9.90. The quantitative estimate of drug-likeness (QED) is 0.167. The summed E-state index contributed by atoms with van der Waals surface area (Å²) in [6.45, 7) is 5.69. The van der Waals surface area contributed by atoms with E-state index >= 15 is 0 Å². The van der Waals surface area contributed by atoms with E-state index in [-0.39, 0.29) is 23.8 Å². The number of dihydropyridines is 1. The number of phenolic OH excluding ortho intramolecular Hbond substituents is 1. The molecule has 0 aromatic heterocycles. The van der Waals surface area contributed by atoms with E-state index in [9.17, 15) is 14.7 Å². The molecular formula is C29H42N2O6S2. The number of allylic oxidation sites excluding steroid dienone is 2. The highest BCUT2D eigenvalue weighted by Gasteiger charge is 2.24. The maximum Gasteiger partial charge on any atom is 0.302 e. The van der Waals surface area contributed by atoms with Crippen molar-refractivity contribution in [2.45, 2.75) is 90.1 Å². The number of nitrogens with one attached hydrogen (secondary N) is 2. The molecule has 2 atom stereocenters. The maximum atomic E-state index is 12.0. The number of rotatable bonds is 12. The van der Waals surface area contributed by atoms with Crippen LogP contribution in [0.15, 0.2) is 29.6 Å². The van der Waals surface area contributed by atoms with Crippen molar-refractivity contribution in [3.05, 3.63) is 46.3 Å². The highest BCUT2D eigenvalue weighted by molar-refractivity contribution is 8.76. The molecule has 2 bridgehead atoms. The average Bonchev–Trinajstić information content (AvgIpc) is 2.91. The van der Waals surface area contributed by atoms with Crippen molar-refractivity contribution >= 4 is 33.5 Å². The minimum absolute atomic E-state index is 0.172. The largest absolute Gasteiger partial charge is 0.504 e. The summed E-state index contributed by atoms with van der Waals surface area (Å²) in [4.78, 5) is 23.7. The highest BCUT2D eigenvalue weighted by Crippen LogP contribution is 2.41. The number of esters is 2. The molecule has 0 saturated carbocycles. The Morgan fingerprint density at radius 2 is 1.79 bits per heavy atom. The maximum absolute atomic E-state index is 12.0. The van der Waals surface area contributed by atoms with Gasteiger partial charge in [-0.25, -0.2) is 0 Å². The molecule has 0 saturated heterocycles. The van der Waals surface area contributed by atoms with Crippen LogP contribution in [0.1, 0.15) is 76.0 Å². The van der Waals surface area contributed by atoms with Crippen LogP contribution in [-0.2, 0) is 37.7 Å². The van der Waals surface area contributed by atoms with Crippen LogP contribution in [0.2, 0.25) is 0 Å². The van der Waals surface area contributed by atoms with Gasteiger partial charge in [0.15, 0.2) is 11.5 Å². The molecule has 2 unspecified atom stereocenters. The SMILES string of the molecule is CCCCCC(CC(CCc1cc(OC)c(O)c2c1CSSCNC1=CC(=CCN1)C2)OC(C)=O)OC(C)=O. The van der Waals surface area contributed by atoms with Gasteiger partial charge in [-0.2, -0.15) is 0 Å². The zero-order valence-corrected chi connectivity index (χ0v) is 25.1. The number of benzene rings is 1. The standard InChI is InChI=1S/C29H42N2O6S2/c1-5-6-7-8-23(36-19(2)32)16-24(37-20(3)33)10-9-22-15-27(35-4)29(34)25-13-21-11-12-30-28(14-21)31-18-39-38-17-26(22)25/h11,14-15,23-24,30-31,34H,5-10,12-13,16-18H2,1-4H3. The number of phenols is 1. The zero-order chi connectivity index (χ0) is 28.2. The molecule has 0 spiro atoms. The smallest absolute Gasteiger partial charge is 0.302 e. The monoisotopic (exact) mass is 578 g/mol. The molecule has 216 valence electrons. The summed E-state index contributed by atoms with van der Waals surface area (Å²) in [5.74, 6) is 2.40. The molecule has 8 nitrogen and oxygen atoms in total. The first-order valence-corrected chi connectivity index (χ1v) is 16.2. The molecule has 39 heavy (non-hydrogen) atoms. The zero-order valence-electron chi connectivity index (χ0n) is 23.5. The van der Waals surface area contributed by atoms with E-state index in [0.717, 1.165) is 71.9 Å². The number of aromatic hydroxyl groups is 1. The third-order valence-corrected chi connectivity index (χ3v) is 8.87. The molecule has 2 heterocycles. The van der Waals surface area contributed by atoms with E-state index in [0.29, 0.717) is 31.4 Å². The predicted molar refractivity (Wildman–Crippen MR) is 158 cm³/mol. The number of carbonyl (C=O) groups is 2. The predicted octanol–water partition coefficient (Wildman–Crippen LogP) is 5.52. The van der Waals surface area contributed by atoms with Crippen LogP contribution in [0.4, 0.5) is 0 Å². The van der Waals surface area contributed by atoms with Crippen molar-refractivity contribution in [3.8, 4) is 11.5 Å². The van der Waals surface area contributed by atoms with Crippen molar-refractivity contribution in [2.24, 2.45) is 0 Å². The summed E-state index contributed by atoms with van der Waals surface area (Å²) in [6, 6.07) is 1.91. The van der Waals surface area contributed by atoms with Crippen LogP contribution < -0.4 is 15.4 Å². The van der Waals surface area contributed by atoms with Gasteiger partial charge < -0.3 is 30.0 Å². The van der Waals surface area contributed by atoms with Crippen molar-refractivity contribution in [1.82, 2.24) is 10.6 Å². The second-order valence-corrected chi connectivity index (χ2v) is 12.3. The van der Waals surface area contributed by atoms with Crippen molar-refractivity contribution in [3.63, 3.8) is 0 Å². The Labute approximate surface area is 240 Å². The van der Waals surface area contributed by atoms with Gasteiger partial charge in [-0.3, -0.25) is 9.59 Å². The summed E-state index contributed by atoms with van der Waals surface area (Å²) in [5, 5.41) is 17.9. The van der Waals surface area contributed by atoms with Crippen LogP contribution in [-0.4, -0.2) is 48.8 Å². The number of ether oxygens (including phenoxy) is 3. The summed E-state index contributed by atoms with van der Waals surface area (Å²) < 4.78 is 16.9. The lowest BCUT2D eigenvalue weighted by Crippen LogP contribution is -2.28. The molecule has 0 amide bonds. The van der Waals surface area contributed by atoms with Crippen LogP contribution in [0.5, 0.6) is 11.5 Å². The first-order valence-electron chi connectivity index (χ1n) is 13.7. The molecule has 3 N–H and O–H groups in total. The second kappa shape index (κ2) is 16.0. The Morgan fingerprint density at radius 3 is 2.49 bits per heavy atom. The number of hydrogen-bond acceptors (Lipinski definition) is 10. The highest BCUT2D eigenvalue weighted by atomic mass is 33.1. The van der Waals surface area contributed by atoms with Gasteiger partial charge in [0.1, 0.15) is 12.2 Å². The number of carbonyl (C=O) groups excluding carboxylic acids is 2. The van der Waals surface area contributed by atoms with E-state index in [2.05, 4.69) is 29.7 Å². The lowest BCUT2D eigenvalue weighted by atomic mass is 9.91. The first-order chi connectivity index (χ1) is 18.8. The van der Waals surface area contributed by atoms with Gasteiger partial charge in [-0.05, 0) is 54.5 Å². The molecule has 2 aliphatic rings. The summed E-state index contributed by atoms with van der Waals surface area (Å²) in [6.07, 6.45) is 9.62. The van der Waals surface area contributed by atoms with Crippen molar-refractivity contribution < 1.29 is 28.9 Å². The van der Waals surface area contributed by atoms with E-state index in [1.54, 1.807) is 28.7 Å². The number of unbranched alkanes of at least 4 members (excludes halogenated alkanes) is 2. The van der Waals surface area contributed by atoms with E-state index in [1.165, 1.54) is 13.8 Å². The molecule has 2 aliphatic heterocycles. The second-order valence-electron chi connectivity index (χ2n) is 9.87. The molecule has 0 fully saturated rings. The van der Waals surface area contributed by atoms with Gasteiger partial charge in [0.25, 0.3) is 0 Å². The molecule has 1 aromatic rings. The lowest BCUT2D eigenvalue weighted by molar-refractivity contribution is -0.153. The number of hydrogen-bond donors (Lipinski definition) is 3. The van der Waals surface area contributed by atoms with Gasteiger partial charge in [0.2, 0.25) is 0 Å². The fourth-order valence-electron chi connectivity index (χ4n) is 4.98. The third-order valence-electron chi connectivity index (χ3n) is 6.83. The number of fused-ring (bicyclic) bond motifs is 2. The molecular weight excluding hydrogens is 536 g/mol. The Hall–Kier alpha value is -2.46. The fourth-order valence-corrected chi connectivity index (χ4v) is 6.87. The number of aryl methyl sites for hydroxylation is 1.